The molecule has 0 radical (unpaired) electrons. The number of hydrogen-bond acceptors (Lipinski definition) is 0. The molecular formula is C17H34O2. The zero-order valence-electron chi connectivity index (χ0n) is 13.0. The lowest BCUT2D eigenvalue weighted by Crippen LogP contribution is -2.43. The number of hydrogen-bond donors (Lipinski definition) is 0. The van der Waals surface area contributed by atoms with E-state index in [1.807, 2.05) is 0 Å². The maximum absolute atomic E-state index is 2.60. The molecule has 19 heavy (non-hydrogen) atoms. The first kappa shape index (κ1) is 17.0. The van der Waals surface area contributed by atoms with Crippen molar-refractivity contribution in [1.82, 2.24) is 0 Å². The second-order valence-electron chi connectivity index (χ2n) is 7.78. The number of rotatable bonds is 0. The summed E-state index contributed by atoms with van der Waals surface area (Å²) in [5, 5.41) is 0. The van der Waals surface area contributed by atoms with E-state index in [0.29, 0.717) is 0 Å². The smallest absolute Gasteiger partial charge is 0.0355 e. The summed E-state index contributed by atoms with van der Waals surface area (Å²) < 4.78 is 0. The molecule has 3 fully saturated rings. The predicted molar refractivity (Wildman–Crippen MR) is 81.0 cm³/mol. The summed E-state index contributed by atoms with van der Waals surface area (Å²) in [5.74, 6) is 7.46. The van der Waals surface area contributed by atoms with E-state index in [2.05, 4.69) is 20.8 Å². The molecule has 3 saturated carbocycles. The lowest BCUT2D eigenvalue weighted by atomic mass is 9.53. The van der Waals surface area contributed by atoms with Crippen molar-refractivity contribution in [3.8, 4) is 0 Å². The minimum atomic E-state index is 0. The van der Waals surface area contributed by atoms with Crippen LogP contribution in [0.3, 0.4) is 0 Å². The minimum absolute atomic E-state index is 0. The third-order valence-corrected chi connectivity index (χ3v) is 6.57. The van der Waals surface area contributed by atoms with E-state index < -0.39 is 0 Å². The SMILES string of the molecule is CC1CCC2C(C1)CC1CCC(C)CC1C2C.O.O. The van der Waals surface area contributed by atoms with Crippen molar-refractivity contribution in [3.05, 3.63) is 0 Å². The second-order valence-corrected chi connectivity index (χ2v) is 7.78. The Labute approximate surface area is 119 Å². The van der Waals surface area contributed by atoms with E-state index in [0.717, 1.165) is 41.4 Å². The average molecular weight is 270 g/mol. The summed E-state index contributed by atoms with van der Waals surface area (Å²) >= 11 is 0. The van der Waals surface area contributed by atoms with Gasteiger partial charge in [0.15, 0.2) is 0 Å². The molecule has 0 aromatic carbocycles. The Bertz CT molecular complexity index is 278. The lowest BCUT2D eigenvalue weighted by molar-refractivity contribution is -0.0232. The van der Waals surface area contributed by atoms with Gasteiger partial charge in [-0.1, -0.05) is 33.6 Å². The van der Waals surface area contributed by atoms with Gasteiger partial charge in [-0.25, -0.2) is 0 Å². The molecular weight excluding hydrogens is 236 g/mol. The average Bonchev–Trinajstić information content (AvgIpc) is 2.30. The highest BCUT2D eigenvalue weighted by Crippen LogP contribution is 2.54. The van der Waals surface area contributed by atoms with Gasteiger partial charge < -0.3 is 11.0 Å². The molecule has 3 aliphatic carbocycles. The second kappa shape index (κ2) is 6.58. The fraction of sp³-hybridized carbons (Fsp3) is 1.00. The molecule has 4 N–H and O–H groups in total. The Kier molecular flexibility index (Phi) is 5.88. The first-order valence-electron chi connectivity index (χ1n) is 8.15. The van der Waals surface area contributed by atoms with Gasteiger partial charge in [-0.15, -0.1) is 0 Å². The summed E-state index contributed by atoms with van der Waals surface area (Å²) in [4.78, 5) is 0. The molecule has 0 heterocycles. The molecule has 0 bridgehead atoms. The van der Waals surface area contributed by atoms with Gasteiger partial charge in [0, 0.05) is 0 Å². The van der Waals surface area contributed by atoms with Crippen LogP contribution in [-0.4, -0.2) is 11.0 Å². The molecule has 3 rings (SSSR count). The molecule has 2 nitrogen and oxygen atoms in total. The van der Waals surface area contributed by atoms with E-state index in [4.69, 9.17) is 0 Å². The van der Waals surface area contributed by atoms with Crippen molar-refractivity contribution < 1.29 is 11.0 Å². The Morgan fingerprint density at radius 3 is 1.95 bits per heavy atom. The van der Waals surface area contributed by atoms with E-state index in [1.54, 1.807) is 32.1 Å². The third kappa shape index (κ3) is 3.16. The lowest BCUT2D eigenvalue weighted by Gasteiger charge is -2.52. The fourth-order valence-corrected chi connectivity index (χ4v) is 5.62. The van der Waals surface area contributed by atoms with Crippen LogP contribution in [0.4, 0.5) is 0 Å². The zero-order valence-corrected chi connectivity index (χ0v) is 13.0. The maximum Gasteiger partial charge on any atom is -0.0355 e. The summed E-state index contributed by atoms with van der Waals surface area (Å²) in [7, 11) is 0. The van der Waals surface area contributed by atoms with Gasteiger partial charge in [0.05, 0.1) is 0 Å². The van der Waals surface area contributed by atoms with Gasteiger partial charge in [-0.3, -0.25) is 0 Å². The molecule has 0 aromatic rings. The highest BCUT2D eigenvalue weighted by molar-refractivity contribution is 4.95. The van der Waals surface area contributed by atoms with E-state index in [9.17, 15) is 0 Å². The van der Waals surface area contributed by atoms with Crippen molar-refractivity contribution in [3.63, 3.8) is 0 Å². The van der Waals surface area contributed by atoms with Crippen molar-refractivity contribution in [2.24, 2.45) is 41.4 Å². The normalized spacial score (nSPS) is 49.1. The largest absolute Gasteiger partial charge is 0.412 e. The molecule has 0 spiro atoms. The predicted octanol–water partition coefficient (Wildman–Crippen LogP) is 3.48. The molecule has 0 saturated heterocycles. The highest BCUT2D eigenvalue weighted by atomic mass is 16.0. The van der Waals surface area contributed by atoms with E-state index in [1.165, 1.54) is 12.8 Å². The Morgan fingerprint density at radius 2 is 1.21 bits per heavy atom. The first-order valence-corrected chi connectivity index (χ1v) is 8.15. The molecule has 0 amide bonds. The van der Waals surface area contributed by atoms with Crippen LogP contribution < -0.4 is 0 Å². The van der Waals surface area contributed by atoms with Crippen LogP contribution in [0.5, 0.6) is 0 Å². The maximum atomic E-state index is 2.60. The van der Waals surface area contributed by atoms with Crippen molar-refractivity contribution in [2.45, 2.75) is 65.7 Å². The van der Waals surface area contributed by atoms with Gasteiger partial charge in [0.25, 0.3) is 0 Å². The monoisotopic (exact) mass is 270 g/mol. The van der Waals surface area contributed by atoms with Gasteiger partial charge in [0.2, 0.25) is 0 Å². The summed E-state index contributed by atoms with van der Waals surface area (Å²) in [6.45, 7) is 7.57. The van der Waals surface area contributed by atoms with Crippen LogP contribution in [0.1, 0.15) is 65.7 Å². The number of fused-ring (bicyclic) bond motifs is 2. The summed E-state index contributed by atoms with van der Waals surface area (Å²) in [6, 6.07) is 0. The highest BCUT2D eigenvalue weighted by Gasteiger charge is 2.45. The van der Waals surface area contributed by atoms with E-state index >= 15 is 0 Å². The minimum Gasteiger partial charge on any atom is -0.412 e. The van der Waals surface area contributed by atoms with Crippen LogP contribution >= 0.6 is 0 Å². The van der Waals surface area contributed by atoms with E-state index in [-0.39, 0.29) is 11.0 Å². The quantitative estimate of drug-likeness (QED) is 0.647. The molecule has 0 aromatic heterocycles. The molecule has 7 unspecified atom stereocenters. The Hall–Kier alpha value is -0.0800. The Balaban J connectivity index is 0.000000902. The standard InChI is InChI=1S/C17H30.2H2O/c1-11-5-7-16-13(3)17-9-12(2)4-6-14(17)10-15(16)8-11;;/h11-17H,4-10H2,1-3H3;2*1H2. The summed E-state index contributed by atoms with van der Waals surface area (Å²) in [6.07, 6.45) is 10.8. The topological polar surface area (TPSA) is 63.0 Å². The van der Waals surface area contributed by atoms with Gasteiger partial charge in [-0.05, 0) is 73.5 Å². The molecule has 2 heteroatoms. The first-order chi connectivity index (χ1) is 8.15. The molecule has 114 valence electrons. The van der Waals surface area contributed by atoms with Gasteiger partial charge >= 0.3 is 0 Å². The van der Waals surface area contributed by atoms with Crippen LogP contribution in [-0.2, 0) is 0 Å². The third-order valence-electron chi connectivity index (χ3n) is 6.57. The van der Waals surface area contributed by atoms with Crippen LogP contribution in [0, 0.1) is 41.4 Å². The van der Waals surface area contributed by atoms with Crippen LogP contribution in [0.2, 0.25) is 0 Å². The molecule has 3 aliphatic rings. The summed E-state index contributed by atoms with van der Waals surface area (Å²) in [5.41, 5.74) is 0. The fourth-order valence-electron chi connectivity index (χ4n) is 5.62. The van der Waals surface area contributed by atoms with Gasteiger partial charge in [-0.2, -0.15) is 0 Å². The van der Waals surface area contributed by atoms with Gasteiger partial charge in [0.1, 0.15) is 0 Å². The van der Waals surface area contributed by atoms with Crippen LogP contribution in [0.15, 0.2) is 0 Å². The molecule has 0 aliphatic heterocycles. The van der Waals surface area contributed by atoms with Crippen molar-refractivity contribution >= 4 is 0 Å². The van der Waals surface area contributed by atoms with Crippen molar-refractivity contribution in [2.75, 3.05) is 0 Å². The molecule has 7 atom stereocenters. The van der Waals surface area contributed by atoms with Crippen molar-refractivity contribution in [1.29, 1.82) is 0 Å². The Morgan fingerprint density at radius 1 is 0.579 bits per heavy atom. The van der Waals surface area contributed by atoms with Crippen LogP contribution in [0.25, 0.3) is 0 Å². The zero-order chi connectivity index (χ0) is 12.0.